The normalized spacial score (nSPS) is 39.9. The molecule has 0 amide bonds. The highest BCUT2D eigenvalue weighted by Gasteiger charge is 2.44. The van der Waals surface area contributed by atoms with E-state index in [0.29, 0.717) is 0 Å². The Kier molecular flexibility index (Phi) is 2.91. The average Bonchev–Trinajstić information content (AvgIpc) is 2.45. The lowest BCUT2D eigenvalue weighted by molar-refractivity contribution is -0.284. The minimum absolute atomic E-state index is 0.257. The Hall–Kier alpha value is -0.340. The van der Waals surface area contributed by atoms with Crippen LogP contribution in [0.15, 0.2) is 11.6 Å². The van der Waals surface area contributed by atoms with Gasteiger partial charge in [0.25, 0.3) is 0 Å². The van der Waals surface area contributed by atoms with Gasteiger partial charge < -0.3 is 9.47 Å². The van der Waals surface area contributed by atoms with Crippen LogP contribution in [0.4, 0.5) is 0 Å². The van der Waals surface area contributed by atoms with E-state index < -0.39 is 0 Å². The standard InChI is InChI=1S/C13H22O2/c1-11(2)5-8-13-7-4-6-12(3,14-9-13)15-10-13/h5H,4,6-10H2,1-3H3. The fourth-order valence-electron chi connectivity index (χ4n) is 2.41. The maximum absolute atomic E-state index is 5.87. The molecule has 0 aromatic rings. The number of allylic oxidation sites excluding steroid dienone is 2. The summed E-state index contributed by atoms with van der Waals surface area (Å²) in [5.74, 6) is -0.287. The summed E-state index contributed by atoms with van der Waals surface area (Å²) in [7, 11) is 0. The lowest BCUT2D eigenvalue weighted by Crippen LogP contribution is -2.44. The largest absolute Gasteiger partial charge is 0.350 e. The molecule has 0 unspecified atom stereocenters. The van der Waals surface area contributed by atoms with E-state index in [0.717, 1.165) is 26.1 Å². The van der Waals surface area contributed by atoms with Crippen molar-refractivity contribution in [3.63, 3.8) is 0 Å². The maximum atomic E-state index is 5.87. The lowest BCUT2D eigenvalue weighted by Gasteiger charge is -2.40. The summed E-state index contributed by atoms with van der Waals surface area (Å²) in [6, 6.07) is 0. The number of hydrogen-bond acceptors (Lipinski definition) is 2. The summed E-state index contributed by atoms with van der Waals surface area (Å²) in [6.07, 6.45) is 6.94. The van der Waals surface area contributed by atoms with Crippen LogP contribution in [-0.2, 0) is 9.47 Å². The van der Waals surface area contributed by atoms with Crippen molar-refractivity contribution in [1.29, 1.82) is 0 Å². The van der Waals surface area contributed by atoms with E-state index in [4.69, 9.17) is 9.47 Å². The van der Waals surface area contributed by atoms with E-state index in [2.05, 4.69) is 26.8 Å². The molecule has 3 heterocycles. The Morgan fingerprint density at radius 3 is 2.47 bits per heavy atom. The Morgan fingerprint density at radius 1 is 1.20 bits per heavy atom. The molecule has 0 aromatic heterocycles. The predicted octanol–water partition coefficient (Wildman–Crippen LogP) is 3.28. The molecular weight excluding hydrogens is 188 g/mol. The van der Waals surface area contributed by atoms with Crippen LogP contribution >= 0.6 is 0 Å². The highest BCUT2D eigenvalue weighted by atomic mass is 16.7. The Labute approximate surface area is 92.6 Å². The molecule has 3 saturated heterocycles. The van der Waals surface area contributed by atoms with Crippen molar-refractivity contribution in [2.45, 2.75) is 52.2 Å². The summed E-state index contributed by atoms with van der Waals surface area (Å²) < 4.78 is 11.7. The van der Waals surface area contributed by atoms with Crippen molar-refractivity contribution in [1.82, 2.24) is 0 Å². The van der Waals surface area contributed by atoms with E-state index in [1.165, 1.54) is 18.4 Å². The third kappa shape index (κ3) is 2.43. The first kappa shape index (κ1) is 11.2. The minimum atomic E-state index is -0.287. The fourth-order valence-corrected chi connectivity index (χ4v) is 2.41. The van der Waals surface area contributed by atoms with Crippen LogP contribution in [0.2, 0.25) is 0 Å². The highest BCUT2D eigenvalue weighted by molar-refractivity contribution is 5.00. The van der Waals surface area contributed by atoms with E-state index in [1.54, 1.807) is 0 Å². The second-order valence-electron chi connectivity index (χ2n) is 5.55. The van der Waals surface area contributed by atoms with E-state index in [-0.39, 0.29) is 11.2 Å². The van der Waals surface area contributed by atoms with Gasteiger partial charge in [-0.15, -0.1) is 0 Å². The Bertz CT molecular complexity index is 256. The molecule has 2 heteroatoms. The molecule has 86 valence electrons. The number of hydrogen-bond donors (Lipinski definition) is 0. The molecule has 0 spiro atoms. The molecule has 3 aliphatic rings. The van der Waals surface area contributed by atoms with E-state index in [1.807, 2.05) is 0 Å². The van der Waals surface area contributed by atoms with Gasteiger partial charge in [-0.25, -0.2) is 0 Å². The quantitative estimate of drug-likeness (QED) is 0.651. The van der Waals surface area contributed by atoms with Crippen molar-refractivity contribution in [2.75, 3.05) is 13.2 Å². The highest BCUT2D eigenvalue weighted by Crippen LogP contribution is 2.43. The summed E-state index contributed by atoms with van der Waals surface area (Å²) >= 11 is 0. The van der Waals surface area contributed by atoms with Crippen molar-refractivity contribution >= 4 is 0 Å². The lowest BCUT2D eigenvalue weighted by atomic mass is 9.81. The zero-order valence-electron chi connectivity index (χ0n) is 10.1. The van der Waals surface area contributed by atoms with Gasteiger partial charge in [0.2, 0.25) is 0 Å². The fraction of sp³-hybridized carbons (Fsp3) is 0.846. The van der Waals surface area contributed by atoms with Crippen LogP contribution in [0.5, 0.6) is 0 Å². The molecule has 3 rings (SSSR count). The van der Waals surface area contributed by atoms with Gasteiger partial charge in [0.15, 0.2) is 5.79 Å². The minimum Gasteiger partial charge on any atom is -0.350 e. The summed E-state index contributed by atoms with van der Waals surface area (Å²) in [5.41, 5.74) is 1.65. The molecular formula is C13H22O2. The molecule has 0 aliphatic carbocycles. The molecule has 15 heavy (non-hydrogen) atoms. The molecule has 3 fully saturated rings. The van der Waals surface area contributed by atoms with Gasteiger partial charge in [0.1, 0.15) is 0 Å². The van der Waals surface area contributed by atoms with Crippen LogP contribution in [0.3, 0.4) is 0 Å². The van der Waals surface area contributed by atoms with E-state index in [9.17, 15) is 0 Å². The zero-order valence-corrected chi connectivity index (χ0v) is 10.1. The van der Waals surface area contributed by atoms with E-state index >= 15 is 0 Å². The SMILES string of the molecule is CC(C)=CCC12CCCC(C)(OC1)OC2. The molecule has 0 aromatic carbocycles. The molecule has 2 bridgehead atoms. The monoisotopic (exact) mass is 210 g/mol. The summed E-state index contributed by atoms with van der Waals surface area (Å²) in [6.45, 7) is 8.12. The van der Waals surface area contributed by atoms with Crippen molar-refractivity contribution in [2.24, 2.45) is 5.41 Å². The van der Waals surface area contributed by atoms with Crippen molar-refractivity contribution in [3.8, 4) is 0 Å². The van der Waals surface area contributed by atoms with Crippen LogP contribution in [-0.4, -0.2) is 19.0 Å². The topological polar surface area (TPSA) is 18.5 Å². The van der Waals surface area contributed by atoms with Gasteiger partial charge in [-0.05, 0) is 40.0 Å². The van der Waals surface area contributed by atoms with Gasteiger partial charge in [0, 0.05) is 11.8 Å². The van der Waals surface area contributed by atoms with Crippen molar-refractivity contribution < 1.29 is 9.47 Å². The first-order chi connectivity index (χ1) is 7.04. The Morgan fingerprint density at radius 2 is 1.87 bits per heavy atom. The molecule has 0 saturated carbocycles. The number of fused-ring (bicyclic) bond motifs is 4. The maximum Gasteiger partial charge on any atom is 0.165 e. The second-order valence-corrected chi connectivity index (χ2v) is 5.55. The smallest absolute Gasteiger partial charge is 0.165 e. The second kappa shape index (κ2) is 3.91. The van der Waals surface area contributed by atoms with Gasteiger partial charge in [-0.3, -0.25) is 0 Å². The van der Waals surface area contributed by atoms with Crippen LogP contribution in [0, 0.1) is 5.41 Å². The molecule has 2 nitrogen and oxygen atoms in total. The van der Waals surface area contributed by atoms with Crippen LogP contribution < -0.4 is 0 Å². The average molecular weight is 210 g/mol. The third-order valence-corrected chi connectivity index (χ3v) is 3.65. The van der Waals surface area contributed by atoms with Crippen LogP contribution in [0.25, 0.3) is 0 Å². The number of rotatable bonds is 2. The van der Waals surface area contributed by atoms with Gasteiger partial charge in [-0.1, -0.05) is 11.6 Å². The van der Waals surface area contributed by atoms with Gasteiger partial charge in [0.05, 0.1) is 13.2 Å². The first-order valence-electron chi connectivity index (χ1n) is 5.95. The molecule has 3 aliphatic heterocycles. The Balaban J connectivity index is 2.06. The molecule has 0 radical (unpaired) electrons. The molecule has 0 N–H and O–H groups in total. The molecule has 0 atom stereocenters. The first-order valence-corrected chi connectivity index (χ1v) is 5.95. The predicted molar refractivity (Wildman–Crippen MR) is 60.6 cm³/mol. The van der Waals surface area contributed by atoms with Gasteiger partial charge >= 0.3 is 0 Å². The van der Waals surface area contributed by atoms with Gasteiger partial charge in [-0.2, -0.15) is 0 Å². The van der Waals surface area contributed by atoms with Crippen molar-refractivity contribution in [3.05, 3.63) is 11.6 Å². The van der Waals surface area contributed by atoms with Crippen LogP contribution in [0.1, 0.15) is 46.5 Å². The summed E-state index contributed by atoms with van der Waals surface area (Å²) in [5, 5.41) is 0. The zero-order chi connectivity index (χ0) is 10.9. The number of ether oxygens (including phenoxy) is 2. The third-order valence-electron chi connectivity index (χ3n) is 3.65. The summed E-state index contributed by atoms with van der Waals surface area (Å²) in [4.78, 5) is 0.